The molecule has 2 atom stereocenters. The number of nitrogens with one attached hydrogen (secondary N) is 1. The molecule has 5 nitrogen and oxygen atoms in total. The Hall–Kier alpha value is -1.33. The Labute approximate surface area is 113 Å². The van der Waals surface area contributed by atoms with Gasteiger partial charge in [-0.15, -0.1) is 0 Å². The van der Waals surface area contributed by atoms with E-state index in [0.717, 1.165) is 19.3 Å². The molecule has 2 N–H and O–H groups in total. The summed E-state index contributed by atoms with van der Waals surface area (Å²) in [6.45, 7) is 1.91. The van der Waals surface area contributed by atoms with E-state index in [4.69, 9.17) is 4.74 Å². The van der Waals surface area contributed by atoms with Gasteiger partial charge in [-0.25, -0.2) is 0 Å². The van der Waals surface area contributed by atoms with Gasteiger partial charge in [-0.05, 0) is 37.3 Å². The van der Waals surface area contributed by atoms with Gasteiger partial charge in [-0.3, -0.25) is 4.79 Å². The maximum atomic E-state index is 12.1. The van der Waals surface area contributed by atoms with E-state index in [2.05, 4.69) is 5.32 Å². The van der Waals surface area contributed by atoms with E-state index in [0.29, 0.717) is 31.3 Å². The first-order chi connectivity index (χ1) is 9.20. The summed E-state index contributed by atoms with van der Waals surface area (Å²) < 4.78 is 6.91. The molecule has 1 fully saturated rings. The maximum absolute atomic E-state index is 12.1. The van der Waals surface area contributed by atoms with Gasteiger partial charge in [0.25, 0.3) is 5.91 Å². The third-order valence-corrected chi connectivity index (χ3v) is 3.66. The molecule has 0 aliphatic heterocycles. The number of hydrogen-bond acceptors (Lipinski definition) is 3. The van der Waals surface area contributed by atoms with Gasteiger partial charge < -0.3 is 19.7 Å². The van der Waals surface area contributed by atoms with E-state index in [-0.39, 0.29) is 12.0 Å². The number of carbonyl (C=O) groups is 1. The molecular weight excluding hydrogens is 244 g/mol. The van der Waals surface area contributed by atoms with Crippen LogP contribution in [-0.4, -0.2) is 41.9 Å². The van der Waals surface area contributed by atoms with Gasteiger partial charge in [0.05, 0.1) is 12.7 Å². The quantitative estimate of drug-likeness (QED) is 0.808. The molecule has 0 aromatic carbocycles. The summed E-state index contributed by atoms with van der Waals surface area (Å²) in [5.74, 6) is 0.351. The molecule has 0 spiro atoms. The van der Waals surface area contributed by atoms with Crippen molar-refractivity contribution in [3.8, 4) is 0 Å². The molecule has 1 amide bonds. The Balaban J connectivity index is 1.84. The lowest BCUT2D eigenvalue weighted by molar-refractivity contribution is 0.0933. The summed E-state index contributed by atoms with van der Waals surface area (Å²) >= 11 is 0. The minimum Gasteiger partial charge on any atom is -0.393 e. The van der Waals surface area contributed by atoms with E-state index in [1.807, 2.05) is 22.9 Å². The van der Waals surface area contributed by atoms with Gasteiger partial charge in [-0.2, -0.15) is 0 Å². The molecule has 1 heterocycles. The van der Waals surface area contributed by atoms with Crippen LogP contribution >= 0.6 is 0 Å². The monoisotopic (exact) mass is 266 g/mol. The van der Waals surface area contributed by atoms with Crippen LogP contribution in [0.25, 0.3) is 0 Å². The molecule has 2 unspecified atom stereocenters. The topological polar surface area (TPSA) is 63.5 Å². The minimum absolute atomic E-state index is 0.0532. The molecule has 1 saturated carbocycles. The van der Waals surface area contributed by atoms with Gasteiger partial charge in [0, 0.05) is 26.4 Å². The van der Waals surface area contributed by atoms with Crippen LogP contribution in [0.4, 0.5) is 0 Å². The average Bonchev–Trinajstić information content (AvgIpc) is 3.02. The highest BCUT2D eigenvalue weighted by molar-refractivity contribution is 5.92. The number of amides is 1. The number of carbonyl (C=O) groups excluding carboxylic acids is 1. The fourth-order valence-electron chi connectivity index (χ4n) is 2.57. The van der Waals surface area contributed by atoms with Crippen molar-refractivity contribution in [1.82, 2.24) is 9.88 Å². The van der Waals surface area contributed by atoms with Crippen LogP contribution in [0.2, 0.25) is 0 Å². The van der Waals surface area contributed by atoms with Crippen molar-refractivity contribution < 1.29 is 14.6 Å². The highest BCUT2D eigenvalue weighted by Gasteiger charge is 2.23. The summed E-state index contributed by atoms with van der Waals surface area (Å²) in [6, 6.07) is 3.68. The van der Waals surface area contributed by atoms with Crippen molar-refractivity contribution in [3.05, 3.63) is 24.0 Å². The number of methoxy groups -OCH3 is 1. The van der Waals surface area contributed by atoms with Gasteiger partial charge in [0.1, 0.15) is 5.69 Å². The van der Waals surface area contributed by atoms with Crippen LogP contribution in [0.1, 0.15) is 29.8 Å². The van der Waals surface area contributed by atoms with Crippen molar-refractivity contribution in [3.63, 3.8) is 0 Å². The largest absolute Gasteiger partial charge is 0.393 e. The van der Waals surface area contributed by atoms with E-state index >= 15 is 0 Å². The van der Waals surface area contributed by atoms with Crippen molar-refractivity contribution in [2.45, 2.75) is 31.9 Å². The second-order valence-electron chi connectivity index (χ2n) is 5.12. The lowest BCUT2D eigenvalue weighted by atomic mass is 10.1. The molecule has 0 saturated heterocycles. The zero-order valence-corrected chi connectivity index (χ0v) is 11.3. The summed E-state index contributed by atoms with van der Waals surface area (Å²) in [6.07, 6.45) is 4.34. The van der Waals surface area contributed by atoms with Gasteiger partial charge in [0.15, 0.2) is 0 Å². The lowest BCUT2D eigenvalue weighted by Crippen LogP contribution is -2.30. The first-order valence-electron chi connectivity index (χ1n) is 6.81. The number of aromatic nitrogens is 1. The molecule has 19 heavy (non-hydrogen) atoms. The van der Waals surface area contributed by atoms with E-state index in [1.165, 1.54) is 0 Å². The van der Waals surface area contributed by atoms with Crippen LogP contribution in [0, 0.1) is 5.92 Å². The van der Waals surface area contributed by atoms with Crippen LogP contribution in [0.3, 0.4) is 0 Å². The van der Waals surface area contributed by atoms with Crippen molar-refractivity contribution in [1.29, 1.82) is 0 Å². The highest BCUT2D eigenvalue weighted by Crippen LogP contribution is 2.24. The molecule has 1 aliphatic carbocycles. The van der Waals surface area contributed by atoms with Gasteiger partial charge >= 0.3 is 0 Å². The zero-order valence-electron chi connectivity index (χ0n) is 11.3. The standard InChI is InChI=1S/C14H22N2O3/c1-19-8-7-16-6-2-3-13(16)14(18)15-10-11-4-5-12(17)9-11/h2-3,6,11-12,17H,4-5,7-10H2,1H3,(H,15,18). The molecule has 1 aliphatic rings. The Morgan fingerprint density at radius 2 is 2.42 bits per heavy atom. The minimum atomic E-state index is -0.188. The number of aliphatic hydroxyl groups is 1. The Morgan fingerprint density at radius 1 is 1.58 bits per heavy atom. The molecule has 0 bridgehead atoms. The molecule has 1 aromatic heterocycles. The van der Waals surface area contributed by atoms with E-state index in [9.17, 15) is 9.90 Å². The molecule has 5 heteroatoms. The number of nitrogens with zero attached hydrogens (tertiary/aromatic N) is 1. The normalized spacial score (nSPS) is 22.6. The summed E-state index contributed by atoms with van der Waals surface area (Å²) in [7, 11) is 1.65. The van der Waals surface area contributed by atoms with E-state index in [1.54, 1.807) is 7.11 Å². The molecule has 2 rings (SSSR count). The highest BCUT2D eigenvalue weighted by atomic mass is 16.5. The molecule has 106 valence electrons. The number of rotatable bonds is 6. The fraction of sp³-hybridized carbons (Fsp3) is 0.643. The Morgan fingerprint density at radius 3 is 3.11 bits per heavy atom. The second kappa shape index (κ2) is 6.73. The number of hydrogen-bond donors (Lipinski definition) is 2. The van der Waals surface area contributed by atoms with Crippen LogP contribution in [0.15, 0.2) is 18.3 Å². The van der Waals surface area contributed by atoms with Gasteiger partial charge in [0.2, 0.25) is 0 Å². The van der Waals surface area contributed by atoms with Crippen LogP contribution < -0.4 is 5.32 Å². The Kier molecular flexibility index (Phi) is 4.99. The predicted octanol–water partition coefficient (Wildman–Crippen LogP) is 1.03. The number of aliphatic hydroxyl groups excluding tert-OH is 1. The SMILES string of the molecule is COCCn1cccc1C(=O)NCC1CCC(O)C1. The first-order valence-corrected chi connectivity index (χ1v) is 6.81. The van der Waals surface area contributed by atoms with Crippen LogP contribution in [0.5, 0.6) is 0 Å². The summed E-state index contributed by atoms with van der Waals surface area (Å²) in [5.41, 5.74) is 0.663. The van der Waals surface area contributed by atoms with Crippen molar-refractivity contribution in [2.24, 2.45) is 5.92 Å². The smallest absolute Gasteiger partial charge is 0.267 e. The molecule has 1 aromatic rings. The van der Waals surface area contributed by atoms with Crippen molar-refractivity contribution >= 4 is 5.91 Å². The predicted molar refractivity (Wildman–Crippen MR) is 72.0 cm³/mol. The van der Waals surface area contributed by atoms with Gasteiger partial charge in [-0.1, -0.05) is 0 Å². The second-order valence-corrected chi connectivity index (χ2v) is 5.12. The third kappa shape index (κ3) is 3.81. The molecule has 0 radical (unpaired) electrons. The maximum Gasteiger partial charge on any atom is 0.267 e. The summed E-state index contributed by atoms with van der Waals surface area (Å²) in [5, 5.41) is 12.4. The Bertz CT molecular complexity index is 417. The van der Waals surface area contributed by atoms with Crippen LogP contribution in [-0.2, 0) is 11.3 Å². The third-order valence-electron chi connectivity index (χ3n) is 3.66. The zero-order chi connectivity index (χ0) is 13.7. The summed E-state index contributed by atoms with van der Waals surface area (Å²) in [4.78, 5) is 12.1. The van der Waals surface area contributed by atoms with Crippen molar-refractivity contribution in [2.75, 3.05) is 20.3 Å². The van der Waals surface area contributed by atoms with E-state index < -0.39 is 0 Å². The molecular formula is C14H22N2O3. The first kappa shape index (κ1) is 14.1. The number of ether oxygens (including phenoxy) is 1. The fourth-order valence-corrected chi connectivity index (χ4v) is 2.57. The lowest BCUT2D eigenvalue weighted by Gasteiger charge is -2.12. The average molecular weight is 266 g/mol.